The largest absolute Gasteiger partial charge is 0.268 e. The maximum Gasteiger partial charge on any atom is 0.268 e. The molecule has 0 N–H and O–H groups in total. The lowest BCUT2D eigenvalue weighted by molar-refractivity contribution is 0.0946. The Kier molecular flexibility index (Phi) is 4.16. The first-order valence-electron chi connectivity index (χ1n) is 9.54. The van der Waals surface area contributed by atoms with Crippen LogP contribution in [0.1, 0.15) is 20.7 Å². The standard InChI is InChI=1S/C24H12N2O6/c27-19(13-7-3-1-4-8-13)25-21(29)15-11-17-18(12-16(15)22(25)30)24(32)26(23(17)31)20(28)14-9-5-2-6-10-14/h1-12H. The van der Waals surface area contributed by atoms with E-state index in [4.69, 9.17) is 0 Å². The molecule has 3 aromatic carbocycles. The fraction of sp³-hybridized carbons (Fsp3) is 0. The Labute approximate surface area is 177 Å². The molecule has 0 bridgehead atoms. The number of hydrogen-bond donors (Lipinski definition) is 0. The molecule has 0 unspecified atom stereocenters. The van der Waals surface area contributed by atoms with Gasteiger partial charge in [-0.2, -0.15) is 0 Å². The van der Waals surface area contributed by atoms with Gasteiger partial charge < -0.3 is 0 Å². The highest BCUT2D eigenvalue weighted by atomic mass is 16.2. The van der Waals surface area contributed by atoms with Gasteiger partial charge in [0.25, 0.3) is 34.1 Å². The van der Waals surface area contributed by atoms with Crippen LogP contribution in [-0.2, 0) is 0 Å². The second-order valence-electron chi connectivity index (χ2n) is 7.18. The molecule has 5 rings (SSSR count). The van der Waals surface area contributed by atoms with Gasteiger partial charge in [-0.1, -0.05) is 36.4 Å². The van der Waals surface area contributed by atoms with E-state index in [2.05, 4.69) is 0 Å². The topological polar surface area (TPSA) is 112 Å². The van der Waals surface area contributed by atoms with Crippen LogP contribution in [0.15, 0.2) is 92.0 Å². The summed E-state index contributed by atoms with van der Waals surface area (Å²) < 4.78 is 0.966. The first kappa shape index (κ1) is 19.3. The van der Waals surface area contributed by atoms with Crippen molar-refractivity contribution in [3.05, 3.63) is 125 Å². The van der Waals surface area contributed by atoms with Crippen LogP contribution >= 0.6 is 0 Å². The van der Waals surface area contributed by atoms with E-state index < -0.39 is 34.1 Å². The highest BCUT2D eigenvalue weighted by molar-refractivity contribution is 6.04. The van der Waals surface area contributed by atoms with Gasteiger partial charge in [-0.25, -0.2) is 9.13 Å². The fourth-order valence-corrected chi connectivity index (χ4v) is 3.76. The first-order valence-corrected chi connectivity index (χ1v) is 9.54. The SMILES string of the molecule is O=C(c1ccccc1)n1c(=O)c2cc3c(=O)n(C(=O)c4ccccc4)c(=O)c3cc2c1=O. The number of benzene rings is 3. The Morgan fingerprint density at radius 2 is 0.750 bits per heavy atom. The van der Waals surface area contributed by atoms with Crippen molar-refractivity contribution < 1.29 is 9.59 Å². The van der Waals surface area contributed by atoms with Crippen LogP contribution in [0.3, 0.4) is 0 Å². The summed E-state index contributed by atoms with van der Waals surface area (Å²) in [5.74, 6) is -1.62. The van der Waals surface area contributed by atoms with Crippen molar-refractivity contribution in [1.82, 2.24) is 9.13 Å². The minimum Gasteiger partial charge on any atom is -0.268 e. The molecule has 8 nitrogen and oxygen atoms in total. The zero-order valence-electron chi connectivity index (χ0n) is 16.3. The number of nitrogens with zero attached hydrogens (tertiary/aromatic N) is 2. The lowest BCUT2D eigenvalue weighted by atomic mass is 10.1. The van der Waals surface area contributed by atoms with Gasteiger partial charge in [0.2, 0.25) is 0 Å². The van der Waals surface area contributed by atoms with Crippen molar-refractivity contribution in [2.45, 2.75) is 0 Å². The predicted molar refractivity (Wildman–Crippen MR) is 117 cm³/mol. The Hall–Kier alpha value is -4.72. The van der Waals surface area contributed by atoms with Crippen LogP contribution in [0, 0.1) is 0 Å². The van der Waals surface area contributed by atoms with E-state index in [9.17, 15) is 28.8 Å². The van der Waals surface area contributed by atoms with Crippen LogP contribution in [0.4, 0.5) is 0 Å². The van der Waals surface area contributed by atoms with Gasteiger partial charge in [0, 0.05) is 11.1 Å². The van der Waals surface area contributed by atoms with Crippen molar-refractivity contribution in [2.24, 2.45) is 0 Å². The number of hydrogen-bond acceptors (Lipinski definition) is 6. The Bertz CT molecular complexity index is 1560. The predicted octanol–water partition coefficient (Wildman–Crippen LogP) is 1.29. The molecule has 0 amide bonds. The van der Waals surface area contributed by atoms with Crippen LogP contribution in [0.5, 0.6) is 0 Å². The highest BCUT2D eigenvalue weighted by Crippen LogP contribution is 2.15. The Morgan fingerprint density at radius 1 is 0.469 bits per heavy atom. The molecule has 0 atom stereocenters. The molecule has 8 heteroatoms. The van der Waals surface area contributed by atoms with Crippen LogP contribution in [-0.4, -0.2) is 20.9 Å². The molecule has 2 aromatic heterocycles. The third kappa shape index (κ3) is 2.63. The number of rotatable bonds is 2. The van der Waals surface area contributed by atoms with Gasteiger partial charge in [0.05, 0.1) is 21.5 Å². The Balaban J connectivity index is 1.76. The number of fused-ring (bicyclic) bond motifs is 2. The van der Waals surface area contributed by atoms with Gasteiger partial charge in [-0.05, 0) is 36.4 Å². The van der Waals surface area contributed by atoms with Crippen molar-refractivity contribution in [2.75, 3.05) is 0 Å². The highest BCUT2D eigenvalue weighted by Gasteiger charge is 2.24. The van der Waals surface area contributed by atoms with E-state index in [0.29, 0.717) is 9.13 Å². The molecule has 32 heavy (non-hydrogen) atoms. The van der Waals surface area contributed by atoms with Crippen molar-refractivity contribution >= 4 is 33.4 Å². The van der Waals surface area contributed by atoms with Gasteiger partial charge in [0.1, 0.15) is 0 Å². The van der Waals surface area contributed by atoms with Crippen LogP contribution < -0.4 is 22.2 Å². The second kappa shape index (κ2) is 6.92. The van der Waals surface area contributed by atoms with E-state index >= 15 is 0 Å². The zero-order chi connectivity index (χ0) is 22.6. The maximum absolute atomic E-state index is 12.9. The minimum absolute atomic E-state index is 0.140. The van der Waals surface area contributed by atoms with Gasteiger partial charge in [-0.15, -0.1) is 0 Å². The smallest absolute Gasteiger partial charge is 0.268 e. The molecule has 0 saturated heterocycles. The first-order chi connectivity index (χ1) is 15.4. The molecule has 0 saturated carbocycles. The van der Waals surface area contributed by atoms with Crippen molar-refractivity contribution in [3.63, 3.8) is 0 Å². The van der Waals surface area contributed by atoms with Crippen molar-refractivity contribution in [1.29, 1.82) is 0 Å². The lowest BCUT2D eigenvalue weighted by Crippen LogP contribution is -2.33. The summed E-state index contributed by atoms with van der Waals surface area (Å²) in [5.41, 5.74) is -3.29. The van der Waals surface area contributed by atoms with Crippen LogP contribution in [0.25, 0.3) is 21.5 Å². The van der Waals surface area contributed by atoms with Gasteiger partial charge >= 0.3 is 0 Å². The summed E-state index contributed by atoms with van der Waals surface area (Å²) in [6, 6.07) is 17.8. The second-order valence-corrected chi connectivity index (χ2v) is 7.18. The van der Waals surface area contributed by atoms with E-state index in [-0.39, 0.29) is 32.7 Å². The molecule has 5 aromatic rings. The van der Waals surface area contributed by atoms with E-state index in [0.717, 1.165) is 12.1 Å². The number of aromatic nitrogens is 2. The molecular formula is C24H12N2O6. The molecule has 0 aliphatic rings. The van der Waals surface area contributed by atoms with Gasteiger partial charge in [0.15, 0.2) is 0 Å². The van der Waals surface area contributed by atoms with Crippen LogP contribution in [0.2, 0.25) is 0 Å². The lowest BCUT2D eigenvalue weighted by Gasteiger charge is -1.98. The maximum atomic E-state index is 12.9. The molecule has 0 spiro atoms. The normalized spacial score (nSPS) is 11.2. The number of carbonyl (C=O) groups is 2. The molecule has 0 radical (unpaired) electrons. The molecule has 0 aliphatic heterocycles. The molecule has 0 fully saturated rings. The zero-order valence-corrected chi connectivity index (χ0v) is 16.3. The average molecular weight is 424 g/mol. The fourth-order valence-electron chi connectivity index (χ4n) is 3.76. The van der Waals surface area contributed by atoms with E-state index in [1.165, 1.54) is 24.3 Å². The average Bonchev–Trinajstić information content (AvgIpc) is 3.22. The van der Waals surface area contributed by atoms with E-state index in [1.54, 1.807) is 36.4 Å². The Morgan fingerprint density at radius 3 is 1.03 bits per heavy atom. The quantitative estimate of drug-likeness (QED) is 0.422. The third-order valence-corrected chi connectivity index (χ3v) is 5.34. The monoisotopic (exact) mass is 424 g/mol. The summed E-state index contributed by atoms with van der Waals surface area (Å²) in [6.45, 7) is 0. The van der Waals surface area contributed by atoms with Gasteiger partial charge in [-0.3, -0.25) is 28.8 Å². The van der Waals surface area contributed by atoms with Crippen molar-refractivity contribution in [3.8, 4) is 0 Å². The summed E-state index contributed by atoms with van der Waals surface area (Å²) in [5, 5.41) is -0.692. The third-order valence-electron chi connectivity index (χ3n) is 5.34. The minimum atomic E-state index is -0.894. The summed E-state index contributed by atoms with van der Waals surface area (Å²) in [4.78, 5) is 76.8. The molecule has 0 aliphatic carbocycles. The summed E-state index contributed by atoms with van der Waals surface area (Å²) in [6.07, 6.45) is 0. The summed E-state index contributed by atoms with van der Waals surface area (Å²) >= 11 is 0. The molecule has 2 heterocycles. The number of carbonyl (C=O) groups excluding carboxylic acids is 2. The molecular weight excluding hydrogens is 412 g/mol. The summed E-state index contributed by atoms with van der Waals surface area (Å²) in [7, 11) is 0. The molecule has 154 valence electrons. The van der Waals surface area contributed by atoms with E-state index in [1.807, 2.05) is 0 Å².